The molecule has 0 bridgehead atoms. The van der Waals surface area contributed by atoms with E-state index in [9.17, 15) is 14.7 Å². The number of pyridine rings is 1. The molecule has 0 radical (unpaired) electrons. The summed E-state index contributed by atoms with van der Waals surface area (Å²) in [6, 6.07) is 12.8. The lowest BCUT2D eigenvalue weighted by Gasteiger charge is -2.27. The Labute approximate surface area is 169 Å². The molecule has 0 saturated carbocycles. The molecule has 154 valence electrons. The van der Waals surface area contributed by atoms with Crippen molar-refractivity contribution >= 4 is 11.8 Å². The molecule has 1 aromatic heterocycles. The number of aliphatic hydroxyl groups excluding tert-OH is 1. The van der Waals surface area contributed by atoms with Gasteiger partial charge < -0.3 is 25.8 Å². The number of ether oxygens (including phenoxy) is 1. The van der Waals surface area contributed by atoms with Crippen LogP contribution in [0.15, 0.2) is 42.5 Å². The maximum atomic E-state index is 12.7. The van der Waals surface area contributed by atoms with Gasteiger partial charge in [0.2, 0.25) is 0 Å². The fraction of sp³-hybridized carbons (Fsp3) is 0.381. The molecule has 2 atom stereocenters. The lowest BCUT2D eigenvalue weighted by Crippen LogP contribution is -2.49. The van der Waals surface area contributed by atoms with Gasteiger partial charge in [-0.15, -0.1) is 0 Å². The smallest absolute Gasteiger partial charge is 0.269 e. The highest BCUT2D eigenvalue weighted by atomic mass is 16.5. The quantitative estimate of drug-likeness (QED) is 0.527. The summed E-state index contributed by atoms with van der Waals surface area (Å²) < 4.78 is 5.50. The van der Waals surface area contributed by atoms with Crippen molar-refractivity contribution in [3.05, 3.63) is 65.0 Å². The van der Waals surface area contributed by atoms with Gasteiger partial charge in [0.05, 0.1) is 18.8 Å². The van der Waals surface area contributed by atoms with E-state index in [-0.39, 0.29) is 30.2 Å². The number of morpholine rings is 1. The second-order valence-corrected chi connectivity index (χ2v) is 6.86. The number of amides is 2. The summed E-state index contributed by atoms with van der Waals surface area (Å²) >= 11 is 0. The predicted octanol–water partition coefficient (Wildman–Crippen LogP) is 0.111. The predicted molar refractivity (Wildman–Crippen MR) is 108 cm³/mol. The third-order valence-corrected chi connectivity index (χ3v) is 4.69. The Morgan fingerprint density at radius 2 is 2.07 bits per heavy atom. The van der Waals surface area contributed by atoms with E-state index in [1.54, 1.807) is 6.07 Å². The van der Waals surface area contributed by atoms with Gasteiger partial charge in [0.15, 0.2) is 0 Å². The van der Waals surface area contributed by atoms with Crippen LogP contribution in [0.4, 0.5) is 0 Å². The van der Waals surface area contributed by atoms with E-state index >= 15 is 0 Å². The molecule has 1 aromatic carbocycles. The fourth-order valence-electron chi connectivity index (χ4n) is 3.12. The molecule has 0 aliphatic carbocycles. The van der Waals surface area contributed by atoms with Crippen LogP contribution in [0.1, 0.15) is 32.1 Å². The highest BCUT2D eigenvalue weighted by Crippen LogP contribution is 2.12. The monoisotopic (exact) mass is 398 g/mol. The van der Waals surface area contributed by atoms with Crippen LogP contribution in [-0.4, -0.2) is 67.4 Å². The molecule has 8 heteroatoms. The Morgan fingerprint density at radius 1 is 1.28 bits per heavy atom. The van der Waals surface area contributed by atoms with Crippen LogP contribution in [0.25, 0.3) is 0 Å². The Bertz CT molecular complexity index is 838. The first-order chi connectivity index (χ1) is 14.1. The fourth-order valence-corrected chi connectivity index (χ4v) is 3.12. The maximum absolute atomic E-state index is 12.7. The van der Waals surface area contributed by atoms with Gasteiger partial charge in [0, 0.05) is 44.4 Å². The van der Waals surface area contributed by atoms with Crippen LogP contribution >= 0.6 is 0 Å². The van der Waals surface area contributed by atoms with E-state index in [1.807, 2.05) is 30.3 Å². The zero-order valence-corrected chi connectivity index (χ0v) is 16.4. The lowest BCUT2D eigenvalue weighted by atomic mass is 10.1. The largest absolute Gasteiger partial charge is 0.389 e. The number of carbonyl (C=O) groups is 2. The molecule has 0 spiro atoms. The molecule has 3 rings (SSSR count). The minimum Gasteiger partial charge on any atom is -0.389 e. The number of aliphatic hydroxyl groups is 1. The van der Waals surface area contributed by atoms with Gasteiger partial charge in [-0.2, -0.15) is 0 Å². The van der Waals surface area contributed by atoms with Gasteiger partial charge in [0.25, 0.3) is 11.8 Å². The number of nitrogens with one attached hydrogen (secondary N) is 3. The first-order valence-corrected chi connectivity index (χ1v) is 9.62. The number of nitrogens with zero attached hydrogens (tertiary/aromatic N) is 1. The molecule has 1 saturated heterocycles. The van der Waals surface area contributed by atoms with Gasteiger partial charge in [0.1, 0.15) is 5.69 Å². The van der Waals surface area contributed by atoms with E-state index in [0.29, 0.717) is 30.8 Å². The Kier molecular flexibility index (Phi) is 7.29. The van der Waals surface area contributed by atoms with Crippen molar-refractivity contribution in [3.63, 3.8) is 0 Å². The first-order valence-electron chi connectivity index (χ1n) is 9.62. The lowest BCUT2D eigenvalue weighted by molar-refractivity contribution is -0.0502. The maximum Gasteiger partial charge on any atom is 0.269 e. The molecule has 2 amide bonds. The van der Waals surface area contributed by atoms with Crippen molar-refractivity contribution in [2.45, 2.75) is 18.6 Å². The molecule has 1 fully saturated rings. The number of rotatable bonds is 7. The van der Waals surface area contributed by atoms with Crippen LogP contribution < -0.4 is 16.0 Å². The highest BCUT2D eigenvalue weighted by molar-refractivity contribution is 5.98. The van der Waals surface area contributed by atoms with Crippen LogP contribution in [0, 0.1) is 0 Å². The average molecular weight is 398 g/mol. The van der Waals surface area contributed by atoms with Crippen molar-refractivity contribution in [2.24, 2.45) is 0 Å². The minimum absolute atomic E-state index is 0.0524. The Morgan fingerprint density at radius 3 is 2.76 bits per heavy atom. The van der Waals surface area contributed by atoms with E-state index in [4.69, 9.17) is 4.74 Å². The molecule has 4 N–H and O–H groups in total. The second-order valence-electron chi connectivity index (χ2n) is 6.86. The zero-order chi connectivity index (χ0) is 20.6. The van der Waals surface area contributed by atoms with Gasteiger partial charge >= 0.3 is 0 Å². The van der Waals surface area contributed by atoms with Crippen molar-refractivity contribution in [3.8, 4) is 0 Å². The van der Waals surface area contributed by atoms with Crippen LogP contribution in [-0.2, 0) is 11.2 Å². The summed E-state index contributed by atoms with van der Waals surface area (Å²) in [5, 5.41) is 18.6. The molecule has 0 unspecified atom stereocenters. The third-order valence-electron chi connectivity index (χ3n) is 4.69. The number of carbonyl (C=O) groups excluding carboxylic acids is 2. The number of hydrogen-bond donors (Lipinski definition) is 4. The number of aromatic nitrogens is 1. The summed E-state index contributed by atoms with van der Waals surface area (Å²) in [5.41, 5.74) is 2.13. The van der Waals surface area contributed by atoms with Gasteiger partial charge in [-0.1, -0.05) is 30.3 Å². The van der Waals surface area contributed by atoms with Crippen molar-refractivity contribution in [2.75, 3.05) is 33.3 Å². The SMILES string of the molecule is CNC(=O)c1cc(C(=O)NC[C@H](O)[C@@H]2CNCCO2)cc(Cc2ccccc2)n1. The van der Waals surface area contributed by atoms with Crippen LogP contribution in [0.5, 0.6) is 0 Å². The summed E-state index contributed by atoms with van der Waals surface area (Å²) in [4.78, 5) is 29.1. The summed E-state index contributed by atoms with van der Waals surface area (Å²) in [5.74, 6) is -0.745. The van der Waals surface area contributed by atoms with E-state index in [1.165, 1.54) is 13.1 Å². The molecular weight excluding hydrogens is 372 g/mol. The van der Waals surface area contributed by atoms with E-state index in [0.717, 1.165) is 12.1 Å². The Balaban J connectivity index is 1.72. The summed E-state index contributed by atoms with van der Waals surface area (Å²) in [7, 11) is 1.52. The summed E-state index contributed by atoms with van der Waals surface area (Å²) in [6.07, 6.45) is -0.691. The molecule has 1 aliphatic heterocycles. The topological polar surface area (TPSA) is 113 Å². The van der Waals surface area contributed by atoms with E-state index in [2.05, 4.69) is 20.9 Å². The van der Waals surface area contributed by atoms with Gasteiger partial charge in [-0.3, -0.25) is 9.59 Å². The second kappa shape index (κ2) is 10.1. The van der Waals surface area contributed by atoms with Crippen molar-refractivity contribution in [1.82, 2.24) is 20.9 Å². The molecule has 2 aromatic rings. The van der Waals surface area contributed by atoms with Crippen LogP contribution in [0.2, 0.25) is 0 Å². The van der Waals surface area contributed by atoms with Gasteiger partial charge in [-0.25, -0.2) is 4.98 Å². The van der Waals surface area contributed by atoms with Crippen LogP contribution in [0.3, 0.4) is 0 Å². The third kappa shape index (κ3) is 5.83. The summed E-state index contributed by atoms with van der Waals surface area (Å²) in [6.45, 7) is 1.86. The molecule has 8 nitrogen and oxygen atoms in total. The van der Waals surface area contributed by atoms with E-state index < -0.39 is 6.10 Å². The molecule has 2 heterocycles. The minimum atomic E-state index is -0.823. The average Bonchev–Trinajstić information content (AvgIpc) is 2.77. The first kappa shape index (κ1) is 20.9. The molecular formula is C21H26N4O4. The molecule has 1 aliphatic rings. The molecule has 29 heavy (non-hydrogen) atoms. The van der Waals surface area contributed by atoms with Gasteiger partial charge in [-0.05, 0) is 17.7 Å². The number of hydrogen-bond acceptors (Lipinski definition) is 6. The Hall–Kier alpha value is -2.81. The number of benzene rings is 1. The standard InChI is InChI=1S/C21H26N4O4/c1-22-21(28)17-11-15(10-16(25-17)9-14-5-3-2-4-6-14)20(27)24-12-18(26)19-13-23-7-8-29-19/h2-6,10-11,18-19,23,26H,7-9,12-13H2,1H3,(H,22,28)(H,24,27)/t18-,19-/m0/s1. The van der Waals surface area contributed by atoms with Crippen molar-refractivity contribution < 1.29 is 19.4 Å². The highest BCUT2D eigenvalue weighted by Gasteiger charge is 2.23. The normalized spacial score (nSPS) is 17.4. The van der Waals surface area contributed by atoms with Crippen molar-refractivity contribution in [1.29, 1.82) is 0 Å². The zero-order valence-electron chi connectivity index (χ0n) is 16.4.